The Hall–Kier alpha value is -4.85. The van der Waals surface area contributed by atoms with E-state index in [9.17, 15) is 19.8 Å². The molecule has 5 aromatic rings. The van der Waals surface area contributed by atoms with Gasteiger partial charge in [0, 0.05) is 23.8 Å². The molecule has 0 unspecified atom stereocenters. The number of carbonyl (C=O) groups is 2. The highest BCUT2D eigenvalue weighted by Gasteiger charge is 2.26. The molecule has 8 nitrogen and oxygen atoms in total. The van der Waals surface area contributed by atoms with Gasteiger partial charge in [-0.3, -0.25) is 0 Å². The van der Waals surface area contributed by atoms with Crippen LogP contribution >= 0.6 is 0 Å². The normalized spacial score (nSPS) is 11.0. The molecule has 2 aromatic heterocycles. The minimum atomic E-state index is -0.638. The number of aromatic nitrogens is 2. The Balaban J connectivity index is 1.54. The zero-order chi connectivity index (χ0) is 25.2. The molecule has 180 valence electrons. The van der Waals surface area contributed by atoms with Gasteiger partial charge in [-0.25, -0.2) is 9.59 Å². The van der Waals surface area contributed by atoms with E-state index in [1.54, 1.807) is 24.3 Å². The average Bonchev–Trinajstić information content (AvgIpc) is 3.20. The monoisotopic (exact) mass is 483 g/mol. The van der Waals surface area contributed by atoms with Gasteiger partial charge in [0.25, 0.3) is 0 Å². The number of hydrogen-bond acceptors (Lipinski definition) is 6. The lowest BCUT2D eigenvalue weighted by molar-refractivity contribution is -0.618. The molecule has 8 heteroatoms. The van der Waals surface area contributed by atoms with Gasteiger partial charge in [-0.1, -0.05) is 42.5 Å². The van der Waals surface area contributed by atoms with E-state index in [0.717, 1.165) is 22.0 Å². The Labute approximate surface area is 206 Å². The SMILES string of the molecule is C[n+]1c2ccccc2c(C(=O)Oc2ccccc2)c2cccc(CCC(=O)On3c(O)ccc3O)c21. The van der Waals surface area contributed by atoms with Crippen molar-refractivity contribution in [3.05, 3.63) is 96.1 Å². The Kier molecular flexibility index (Phi) is 6.00. The summed E-state index contributed by atoms with van der Waals surface area (Å²) in [4.78, 5) is 30.9. The predicted molar refractivity (Wildman–Crippen MR) is 132 cm³/mol. The highest BCUT2D eigenvalue weighted by Crippen LogP contribution is 2.29. The lowest BCUT2D eigenvalue weighted by Crippen LogP contribution is -2.33. The second-order valence-corrected chi connectivity index (χ2v) is 8.27. The quantitative estimate of drug-likeness (QED) is 0.165. The molecular weight excluding hydrogens is 460 g/mol. The molecule has 2 N–H and O–H groups in total. The largest absolute Gasteiger partial charge is 0.492 e. The highest BCUT2D eigenvalue weighted by molar-refractivity contribution is 6.13. The topological polar surface area (TPSA) is 102 Å². The van der Waals surface area contributed by atoms with Crippen LogP contribution in [0.4, 0.5) is 0 Å². The fourth-order valence-electron chi connectivity index (χ4n) is 4.38. The number of pyridine rings is 1. The van der Waals surface area contributed by atoms with Gasteiger partial charge in [-0.2, -0.15) is 4.57 Å². The van der Waals surface area contributed by atoms with Crippen LogP contribution in [-0.2, 0) is 18.3 Å². The molecule has 0 spiro atoms. The van der Waals surface area contributed by atoms with E-state index >= 15 is 0 Å². The fraction of sp³-hybridized carbons (Fsp3) is 0.107. The van der Waals surface area contributed by atoms with E-state index in [1.165, 1.54) is 12.1 Å². The van der Waals surface area contributed by atoms with Crippen LogP contribution < -0.4 is 14.1 Å². The summed E-state index contributed by atoms with van der Waals surface area (Å²) in [5, 5.41) is 20.9. The van der Waals surface area contributed by atoms with Gasteiger partial charge in [-0.15, -0.1) is 4.73 Å². The number of fused-ring (bicyclic) bond motifs is 2. The van der Waals surface area contributed by atoms with Gasteiger partial charge >= 0.3 is 11.9 Å². The summed E-state index contributed by atoms with van der Waals surface area (Å²) in [5.74, 6) is -1.43. The van der Waals surface area contributed by atoms with Gasteiger partial charge in [0.05, 0.1) is 22.8 Å². The number of benzene rings is 3. The number of aryl methyl sites for hydroxylation is 2. The number of ether oxygens (including phenoxy) is 1. The van der Waals surface area contributed by atoms with Gasteiger partial charge in [0.2, 0.25) is 22.8 Å². The lowest BCUT2D eigenvalue weighted by Gasteiger charge is -2.12. The van der Waals surface area contributed by atoms with Crippen LogP contribution in [0.25, 0.3) is 21.8 Å². The summed E-state index contributed by atoms with van der Waals surface area (Å²) in [6.07, 6.45) is 0.283. The molecule has 0 aliphatic heterocycles. The maximum atomic E-state index is 13.4. The van der Waals surface area contributed by atoms with Crippen molar-refractivity contribution in [1.29, 1.82) is 0 Å². The fourth-order valence-corrected chi connectivity index (χ4v) is 4.38. The average molecular weight is 484 g/mol. The third-order valence-corrected chi connectivity index (χ3v) is 6.01. The number of rotatable bonds is 6. The zero-order valence-electron chi connectivity index (χ0n) is 19.4. The Morgan fingerprint density at radius 2 is 1.50 bits per heavy atom. The highest BCUT2D eigenvalue weighted by atomic mass is 16.7. The summed E-state index contributed by atoms with van der Waals surface area (Å²) < 4.78 is 8.36. The smallest absolute Gasteiger partial charge is 0.345 e. The molecule has 0 aliphatic carbocycles. The van der Waals surface area contributed by atoms with E-state index < -0.39 is 11.9 Å². The number of nitrogens with zero attached hydrogens (tertiary/aromatic N) is 2. The molecule has 3 aromatic carbocycles. The van der Waals surface area contributed by atoms with Gasteiger partial charge < -0.3 is 19.8 Å². The van der Waals surface area contributed by atoms with Crippen LogP contribution in [0.2, 0.25) is 0 Å². The van der Waals surface area contributed by atoms with Crippen molar-refractivity contribution in [3.8, 4) is 17.5 Å². The van der Waals surface area contributed by atoms with Crippen molar-refractivity contribution >= 4 is 33.7 Å². The van der Waals surface area contributed by atoms with Crippen molar-refractivity contribution < 1.29 is 33.9 Å². The van der Waals surface area contributed by atoms with E-state index in [4.69, 9.17) is 9.57 Å². The minimum Gasteiger partial charge on any atom is -0.492 e. The molecule has 0 fully saturated rings. The molecule has 0 radical (unpaired) electrons. The number of hydrogen-bond donors (Lipinski definition) is 2. The first-order valence-electron chi connectivity index (χ1n) is 11.3. The van der Waals surface area contributed by atoms with E-state index in [0.29, 0.717) is 27.9 Å². The molecule has 0 amide bonds. The molecule has 0 saturated carbocycles. The third-order valence-electron chi connectivity index (χ3n) is 6.01. The Morgan fingerprint density at radius 3 is 2.25 bits per heavy atom. The van der Waals surface area contributed by atoms with E-state index in [2.05, 4.69) is 0 Å². The summed E-state index contributed by atoms with van der Waals surface area (Å²) in [5.41, 5.74) is 2.89. The summed E-state index contributed by atoms with van der Waals surface area (Å²) in [7, 11) is 1.91. The lowest BCUT2D eigenvalue weighted by atomic mass is 9.97. The number of esters is 1. The van der Waals surface area contributed by atoms with Crippen molar-refractivity contribution in [2.75, 3.05) is 0 Å². The van der Waals surface area contributed by atoms with Crippen LogP contribution in [0.1, 0.15) is 22.3 Å². The van der Waals surface area contributed by atoms with Crippen molar-refractivity contribution in [2.45, 2.75) is 12.8 Å². The predicted octanol–water partition coefficient (Wildman–Crippen LogP) is 3.84. The van der Waals surface area contributed by atoms with Crippen LogP contribution in [0.15, 0.2) is 84.9 Å². The number of carbonyl (C=O) groups excluding carboxylic acids is 2. The second-order valence-electron chi connectivity index (χ2n) is 8.27. The molecule has 2 heterocycles. The van der Waals surface area contributed by atoms with E-state index in [1.807, 2.05) is 60.1 Å². The van der Waals surface area contributed by atoms with E-state index in [-0.39, 0.29) is 18.2 Å². The Bertz CT molecular complexity index is 1590. The van der Waals surface area contributed by atoms with Gasteiger partial charge in [-0.05, 0) is 30.7 Å². The molecule has 0 aliphatic rings. The standard InChI is InChI=1S/C28H22N2O6/c1-29-22-13-6-5-11-20(22)26(28(34)35-19-9-3-2-4-10-19)21-12-7-8-18(27(21)29)14-17-25(33)36-30-23(31)15-16-24(30)32/h2-13,15-16,34H,14,17H2,1H3/p+1. The van der Waals surface area contributed by atoms with Crippen LogP contribution in [0, 0.1) is 0 Å². The molecule has 0 bridgehead atoms. The minimum absolute atomic E-state index is 0.0210. The molecular formula is C28H23N2O6+. The summed E-state index contributed by atoms with van der Waals surface area (Å²) in [6, 6.07) is 24.5. The third kappa shape index (κ3) is 4.20. The zero-order valence-corrected chi connectivity index (χ0v) is 19.4. The van der Waals surface area contributed by atoms with Crippen molar-refractivity contribution in [3.63, 3.8) is 0 Å². The first kappa shape index (κ1) is 22.9. The molecule has 5 rings (SSSR count). The van der Waals surface area contributed by atoms with Crippen molar-refractivity contribution in [1.82, 2.24) is 4.73 Å². The summed E-state index contributed by atoms with van der Waals surface area (Å²) in [6.45, 7) is 0. The summed E-state index contributed by atoms with van der Waals surface area (Å²) >= 11 is 0. The van der Waals surface area contributed by atoms with Crippen LogP contribution in [-0.4, -0.2) is 26.9 Å². The van der Waals surface area contributed by atoms with Crippen LogP contribution in [0.5, 0.6) is 17.5 Å². The molecule has 0 atom stereocenters. The maximum absolute atomic E-state index is 13.4. The number of aromatic hydroxyl groups is 2. The van der Waals surface area contributed by atoms with Crippen molar-refractivity contribution in [2.24, 2.45) is 7.05 Å². The van der Waals surface area contributed by atoms with Gasteiger partial charge in [0.1, 0.15) is 12.8 Å². The number of para-hydroxylation sites is 3. The first-order valence-corrected chi connectivity index (χ1v) is 11.3. The Morgan fingerprint density at radius 1 is 0.833 bits per heavy atom. The first-order chi connectivity index (χ1) is 17.4. The second kappa shape index (κ2) is 9.42. The molecule has 0 saturated heterocycles. The van der Waals surface area contributed by atoms with Gasteiger partial charge in [0.15, 0.2) is 0 Å². The maximum Gasteiger partial charge on any atom is 0.345 e. The molecule has 36 heavy (non-hydrogen) atoms. The van der Waals surface area contributed by atoms with Crippen LogP contribution in [0.3, 0.4) is 0 Å².